The lowest BCUT2D eigenvalue weighted by Crippen LogP contribution is -2.53. The van der Waals surface area contributed by atoms with Crippen LogP contribution in [0.1, 0.15) is 18.4 Å². The van der Waals surface area contributed by atoms with Crippen molar-refractivity contribution in [3.63, 3.8) is 0 Å². The molecular weight excluding hydrogens is 405 g/mol. The SMILES string of the molecule is COc1cc(CNC(=O)C2(OC)CCNCC2)ccc1OCCN(C)C.Cl.Cl. The molecule has 0 spiro atoms. The summed E-state index contributed by atoms with van der Waals surface area (Å²) < 4.78 is 16.7. The van der Waals surface area contributed by atoms with Gasteiger partial charge in [0.05, 0.1) is 7.11 Å². The van der Waals surface area contributed by atoms with E-state index in [0.29, 0.717) is 37.5 Å². The zero-order valence-electron chi connectivity index (χ0n) is 17.1. The standard InChI is InChI=1S/C19H31N3O4.2ClH/c1-22(2)11-12-26-16-6-5-15(13-17(16)24-3)14-21-18(23)19(25-4)7-9-20-10-8-19;;/h5-6,13,20H,7-12,14H2,1-4H3,(H,21,23);2*1H. The molecule has 1 amide bonds. The topological polar surface area (TPSA) is 72.1 Å². The van der Waals surface area contributed by atoms with Crippen molar-refractivity contribution >= 4 is 30.7 Å². The average Bonchev–Trinajstić information content (AvgIpc) is 2.66. The zero-order valence-corrected chi connectivity index (χ0v) is 18.7. The number of benzene rings is 1. The van der Waals surface area contributed by atoms with Crippen LogP contribution in [0.5, 0.6) is 11.5 Å². The van der Waals surface area contributed by atoms with Crippen molar-refractivity contribution in [3.8, 4) is 11.5 Å². The van der Waals surface area contributed by atoms with E-state index in [1.165, 1.54) is 0 Å². The Labute approximate surface area is 180 Å². The van der Waals surface area contributed by atoms with E-state index in [9.17, 15) is 4.79 Å². The quantitative estimate of drug-likeness (QED) is 0.614. The van der Waals surface area contributed by atoms with Gasteiger partial charge >= 0.3 is 0 Å². The van der Waals surface area contributed by atoms with E-state index in [4.69, 9.17) is 14.2 Å². The van der Waals surface area contributed by atoms with Gasteiger partial charge in [-0.2, -0.15) is 0 Å². The number of carbonyl (C=O) groups excluding carboxylic acids is 1. The van der Waals surface area contributed by atoms with Crippen LogP contribution in [0, 0.1) is 0 Å². The number of ether oxygens (including phenoxy) is 3. The van der Waals surface area contributed by atoms with Gasteiger partial charge in [0.25, 0.3) is 5.91 Å². The summed E-state index contributed by atoms with van der Waals surface area (Å²) in [6.07, 6.45) is 1.36. The minimum Gasteiger partial charge on any atom is -0.493 e. The normalized spacial score (nSPS) is 15.2. The Kier molecular flexibility index (Phi) is 12.5. The third kappa shape index (κ3) is 7.29. The van der Waals surface area contributed by atoms with E-state index in [1.807, 2.05) is 32.3 Å². The highest BCUT2D eigenvalue weighted by Crippen LogP contribution is 2.28. The second-order valence-electron chi connectivity index (χ2n) is 6.77. The third-order valence-corrected chi connectivity index (χ3v) is 4.69. The van der Waals surface area contributed by atoms with Gasteiger partial charge in [0.1, 0.15) is 12.2 Å². The van der Waals surface area contributed by atoms with Crippen LogP contribution < -0.4 is 20.1 Å². The van der Waals surface area contributed by atoms with Crippen LogP contribution in [0.2, 0.25) is 0 Å². The number of carbonyl (C=O) groups is 1. The van der Waals surface area contributed by atoms with Gasteiger partial charge in [-0.15, -0.1) is 24.8 Å². The fraction of sp³-hybridized carbons (Fsp3) is 0.632. The first-order valence-corrected chi connectivity index (χ1v) is 8.99. The molecular formula is C19H33Cl2N3O4. The molecule has 1 aliphatic rings. The Hall–Kier alpha value is -1.25. The van der Waals surface area contributed by atoms with Gasteiger partial charge in [0, 0.05) is 20.2 Å². The fourth-order valence-corrected chi connectivity index (χ4v) is 2.98. The number of piperidine rings is 1. The van der Waals surface area contributed by atoms with Gasteiger partial charge in [-0.3, -0.25) is 4.79 Å². The highest BCUT2D eigenvalue weighted by Gasteiger charge is 2.39. The molecule has 0 aromatic heterocycles. The van der Waals surface area contributed by atoms with Crippen molar-refractivity contribution in [1.82, 2.24) is 15.5 Å². The number of hydrogen-bond donors (Lipinski definition) is 2. The number of nitrogens with one attached hydrogen (secondary N) is 2. The highest BCUT2D eigenvalue weighted by atomic mass is 35.5. The Morgan fingerprint density at radius 2 is 1.86 bits per heavy atom. The smallest absolute Gasteiger partial charge is 0.252 e. The fourth-order valence-electron chi connectivity index (χ4n) is 2.98. The molecule has 0 atom stereocenters. The van der Waals surface area contributed by atoms with Crippen LogP contribution in [0.4, 0.5) is 0 Å². The molecule has 0 bridgehead atoms. The van der Waals surface area contributed by atoms with Crippen molar-refractivity contribution in [1.29, 1.82) is 0 Å². The lowest BCUT2D eigenvalue weighted by atomic mass is 9.91. The number of halogens is 2. The summed E-state index contributed by atoms with van der Waals surface area (Å²) in [7, 11) is 7.22. The van der Waals surface area contributed by atoms with E-state index in [2.05, 4.69) is 15.5 Å². The molecule has 2 N–H and O–H groups in total. The molecule has 1 saturated heterocycles. The number of nitrogens with zero attached hydrogens (tertiary/aromatic N) is 1. The van der Waals surface area contributed by atoms with E-state index in [-0.39, 0.29) is 30.7 Å². The molecule has 1 fully saturated rings. The average molecular weight is 438 g/mol. The van der Waals surface area contributed by atoms with Crippen molar-refractivity contribution in [2.45, 2.75) is 25.0 Å². The van der Waals surface area contributed by atoms with E-state index in [1.54, 1.807) is 14.2 Å². The highest BCUT2D eigenvalue weighted by molar-refractivity contribution is 5.86. The van der Waals surface area contributed by atoms with Gasteiger partial charge in [-0.25, -0.2) is 0 Å². The predicted molar refractivity (Wildman–Crippen MR) is 115 cm³/mol. The maximum Gasteiger partial charge on any atom is 0.252 e. The molecule has 7 nitrogen and oxygen atoms in total. The van der Waals surface area contributed by atoms with Crippen molar-refractivity contribution in [3.05, 3.63) is 23.8 Å². The maximum absolute atomic E-state index is 12.6. The van der Waals surface area contributed by atoms with Gasteiger partial charge < -0.3 is 29.7 Å². The van der Waals surface area contributed by atoms with E-state index >= 15 is 0 Å². The van der Waals surface area contributed by atoms with Gasteiger partial charge in [-0.05, 0) is 57.7 Å². The Morgan fingerprint density at radius 1 is 1.18 bits per heavy atom. The first-order valence-electron chi connectivity index (χ1n) is 8.99. The summed E-state index contributed by atoms with van der Waals surface area (Å²) in [5.74, 6) is 1.31. The van der Waals surface area contributed by atoms with Crippen LogP contribution in [0.25, 0.3) is 0 Å². The van der Waals surface area contributed by atoms with Crippen LogP contribution in [-0.2, 0) is 16.1 Å². The summed E-state index contributed by atoms with van der Waals surface area (Å²) in [6, 6.07) is 5.72. The second kappa shape index (κ2) is 13.1. The summed E-state index contributed by atoms with van der Waals surface area (Å²) in [6.45, 7) is 3.41. The number of amides is 1. The Balaban J connectivity index is 0.00000364. The lowest BCUT2D eigenvalue weighted by Gasteiger charge is -2.34. The third-order valence-electron chi connectivity index (χ3n) is 4.69. The first-order chi connectivity index (χ1) is 12.5. The van der Waals surface area contributed by atoms with Crippen LogP contribution in [-0.4, -0.2) is 71.0 Å². The molecule has 0 radical (unpaired) electrons. The molecule has 2 rings (SSSR count). The molecule has 0 saturated carbocycles. The predicted octanol–water partition coefficient (Wildman–Crippen LogP) is 1.86. The molecule has 1 aromatic carbocycles. The lowest BCUT2D eigenvalue weighted by molar-refractivity contribution is -0.146. The van der Waals surface area contributed by atoms with E-state index in [0.717, 1.165) is 25.2 Å². The van der Waals surface area contributed by atoms with Gasteiger partial charge in [0.2, 0.25) is 0 Å². The van der Waals surface area contributed by atoms with Crippen LogP contribution >= 0.6 is 24.8 Å². The molecule has 9 heteroatoms. The molecule has 162 valence electrons. The van der Waals surface area contributed by atoms with Crippen molar-refractivity contribution in [2.75, 3.05) is 54.6 Å². The number of likely N-dealkylation sites (N-methyl/N-ethyl adjacent to an activating group) is 1. The van der Waals surface area contributed by atoms with Crippen molar-refractivity contribution in [2.24, 2.45) is 0 Å². The minimum absolute atomic E-state index is 0. The van der Waals surface area contributed by atoms with Crippen LogP contribution in [0.3, 0.4) is 0 Å². The maximum atomic E-state index is 12.6. The van der Waals surface area contributed by atoms with Crippen molar-refractivity contribution < 1.29 is 19.0 Å². The first kappa shape index (κ1) is 26.8. The molecule has 1 heterocycles. The number of rotatable bonds is 9. The molecule has 1 aliphatic heterocycles. The summed E-state index contributed by atoms with van der Waals surface area (Å²) in [5, 5.41) is 6.25. The van der Waals surface area contributed by atoms with Gasteiger partial charge in [0.15, 0.2) is 11.5 Å². The molecule has 0 aliphatic carbocycles. The monoisotopic (exact) mass is 437 g/mol. The second-order valence-corrected chi connectivity index (χ2v) is 6.77. The van der Waals surface area contributed by atoms with Crippen LogP contribution in [0.15, 0.2) is 18.2 Å². The largest absolute Gasteiger partial charge is 0.493 e. The zero-order chi connectivity index (χ0) is 19.0. The van der Waals surface area contributed by atoms with Gasteiger partial charge in [-0.1, -0.05) is 6.07 Å². The molecule has 0 unspecified atom stereocenters. The number of hydrogen-bond acceptors (Lipinski definition) is 6. The molecule has 1 aromatic rings. The summed E-state index contributed by atoms with van der Waals surface area (Å²) in [4.78, 5) is 14.7. The molecule has 28 heavy (non-hydrogen) atoms. The minimum atomic E-state index is -0.732. The summed E-state index contributed by atoms with van der Waals surface area (Å²) in [5.41, 5.74) is 0.222. The Bertz CT molecular complexity index is 597. The Morgan fingerprint density at radius 3 is 2.43 bits per heavy atom. The number of methoxy groups -OCH3 is 2. The van der Waals surface area contributed by atoms with E-state index < -0.39 is 5.60 Å². The summed E-state index contributed by atoms with van der Waals surface area (Å²) >= 11 is 0.